The van der Waals surface area contributed by atoms with Crippen LogP contribution in [0.4, 0.5) is 0 Å². The number of nitrogens with zero attached hydrogens (tertiary/aromatic N) is 4. The van der Waals surface area contributed by atoms with Gasteiger partial charge in [-0.3, -0.25) is 9.97 Å². The lowest BCUT2D eigenvalue weighted by molar-refractivity contribution is 0.710. The third kappa shape index (κ3) is 7.15. The molecule has 0 aliphatic rings. The van der Waals surface area contributed by atoms with Crippen molar-refractivity contribution < 1.29 is 0 Å². The van der Waals surface area contributed by atoms with Gasteiger partial charge in [-0.1, -0.05) is 51.0 Å². The summed E-state index contributed by atoms with van der Waals surface area (Å²) in [5.74, 6) is 0. The fraction of sp³-hybridized carbons (Fsp3) is 0.294. The maximum Gasteiger partial charge on any atom is 0.0991 e. The predicted molar refractivity (Wildman–Crippen MR) is 153 cm³/mol. The quantitative estimate of drug-likeness (QED) is 0.196. The first-order valence-corrected chi connectivity index (χ1v) is 13.6. The van der Waals surface area contributed by atoms with Gasteiger partial charge in [-0.2, -0.15) is 10.5 Å². The molecule has 190 valence electrons. The lowest BCUT2D eigenvalue weighted by atomic mass is 10.0. The fourth-order valence-corrected chi connectivity index (χ4v) is 4.76. The zero-order valence-electron chi connectivity index (χ0n) is 22.4. The molecular formula is C34H34N4. The van der Waals surface area contributed by atoms with Crippen LogP contribution < -0.4 is 0 Å². The van der Waals surface area contributed by atoms with Crippen molar-refractivity contribution in [2.45, 2.75) is 65.2 Å². The molecular weight excluding hydrogens is 464 g/mol. The molecule has 2 heterocycles. The molecule has 4 nitrogen and oxygen atoms in total. The van der Waals surface area contributed by atoms with Gasteiger partial charge in [0.1, 0.15) is 0 Å². The second kappa shape index (κ2) is 13.3. The van der Waals surface area contributed by atoms with Gasteiger partial charge in [0.2, 0.25) is 0 Å². The van der Waals surface area contributed by atoms with E-state index in [4.69, 9.17) is 20.5 Å². The number of benzene rings is 2. The van der Waals surface area contributed by atoms with Crippen LogP contribution in [0.2, 0.25) is 0 Å². The molecule has 0 bridgehead atoms. The third-order valence-corrected chi connectivity index (χ3v) is 6.69. The summed E-state index contributed by atoms with van der Waals surface area (Å²) in [5.41, 5.74) is 10.3. The Kier molecular flexibility index (Phi) is 9.38. The highest BCUT2D eigenvalue weighted by atomic mass is 14.7. The third-order valence-electron chi connectivity index (χ3n) is 6.69. The molecule has 0 fully saturated rings. The van der Waals surface area contributed by atoms with Crippen LogP contribution in [0.3, 0.4) is 0 Å². The molecule has 0 unspecified atom stereocenters. The first-order chi connectivity index (χ1) is 18.6. The van der Waals surface area contributed by atoms with Crippen molar-refractivity contribution >= 4 is 0 Å². The van der Waals surface area contributed by atoms with Gasteiger partial charge in [0.15, 0.2) is 0 Å². The molecule has 0 N–H and O–H groups in total. The van der Waals surface area contributed by atoms with E-state index in [-0.39, 0.29) is 0 Å². The van der Waals surface area contributed by atoms with E-state index in [2.05, 4.69) is 50.3 Å². The molecule has 0 aliphatic heterocycles. The van der Waals surface area contributed by atoms with E-state index in [0.717, 1.165) is 85.3 Å². The van der Waals surface area contributed by atoms with Crippen molar-refractivity contribution in [2.75, 3.05) is 0 Å². The molecule has 0 aliphatic carbocycles. The lowest BCUT2D eigenvalue weighted by Crippen LogP contribution is -2.00. The van der Waals surface area contributed by atoms with E-state index < -0.39 is 0 Å². The van der Waals surface area contributed by atoms with Crippen LogP contribution in [0.5, 0.6) is 0 Å². The molecule has 4 heteroatoms. The van der Waals surface area contributed by atoms with Gasteiger partial charge in [0.05, 0.1) is 34.7 Å². The molecule has 2 aromatic carbocycles. The Morgan fingerprint density at radius 2 is 0.947 bits per heavy atom. The van der Waals surface area contributed by atoms with Crippen LogP contribution in [0.1, 0.15) is 73.2 Å². The number of hydrogen-bond acceptors (Lipinski definition) is 4. The molecule has 38 heavy (non-hydrogen) atoms. The van der Waals surface area contributed by atoms with Crippen molar-refractivity contribution in [1.29, 1.82) is 10.5 Å². The number of pyridine rings is 2. The van der Waals surface area contributed by atoms with Gasteiger partial charge < -0.3 is 0 Å². The van der Waals surface area contributed by atoms with Crippen LogP contribution in [0.25, 0.3) is 22.5 Å². The van der Waals surface area contributed by atoms with Crippen LogP contribution in [0, 0.1) is 22.7 Å². The number of aryl methyl sites for hydroxylation is 4. The van der Waals surface area contributed by atoms with E-state index in [1.54, 1.807) is 0 Å². The van der Waals surface area contributed by atoms with E-state index >= 15 is 0 Å². The molecule has 2 aromatic heterocycles. The smallest absolute Gasteiger partial charge is 0.0991 e. The predicted octanol–water partition coefficient (Wildman–Crippen LogP) is 8.02. The number of unbranched alkanes of at least 4 members (excludes halogenated alkanes) is 1. The van der Waals surface area contributed by atoms with Crippen molar-refractivity contribution in [3.05, 3.63) is 106 Å². The van der Waals surface area contributed by atoms with Crippen molar-refractivity contribution in [3.8, 4) is 34.7 Å². The first kappa shape index (κ1) is 26.8. The Labute approximate surface area is 226 Å². The molecule has 0 saturated carbocycles. The highest BCUT2D eigenvalue weighted by Crippen LogP contribution is 2.24. The van der Waals surface area contributed by atoms with Crippen LogP contribution >= 0.6 is 0 Å². The largest absolute Gasteiger partial charge is 0.253 e. The Morgan fingerprint density at radius 1 is 0.553 bits per heavy atom. The average molecular weight is 499 g/mol. The minimum Gasteiger partial charge on any atom is -0.253 e. The monoisotopic (exact) mass is 498 g/mol. The zero-order valence-corrected chi connectivity index (χ0v) is 22.4. The van der Waals surface area contributed by atoms with Gasteiger partial charge in [-0.25, -0.2) is 0 Å². The van der Waals surface area contributed by atoms with Crippen LogP contribution in [-0.4, -0.2) is 9.97 Å². The summed E-state index contributed by atoms with van der Waals surface area (Å²) >= 11 is 0. The van der Waals surface area contributed by atoms with Crippen LogP contribution in [-0.2, 0) is 25.7 Å². The maximum atomic E-state index is 9.11. The van der Waals surface area contributed by atoms with E-state index in [0.29, 0.717) is 11.1 Å². The summed E-state index contributed by atoms with van der Waals surface area (Å²) < 4.78 is 0. The highest BCUT2D eigenvalue weighted by molar-refractivity contribution is 5.62. The second-order valence-corrected chi connectivity index (χ2v) is 9.79. The minimum atomic E-state index is 0.664. The fourth-order valence-electron chi connectivity index (χ4n) is 4.76. The molecule has 0 spiro atoms. The summed E-state index contributed by atoms with van der Waals surface area (Å²) in [5, 5.41) is 18.2. The maximum absolute atomic E-state index is 9.11. The van der Waals surface area contributed by atoms with E-state index in [9.17, 15) is 0 Å². The van der Waals surface area contributed by atoms with Crippen molar-refractivity contribution in [3.63, 3.8) is 0 Å². The Hall–Kier alpha value is -4.28. The second-order valence-electron chi connectivity index (χ2n) is 9.79. The van der Waals surface area contributed by atoms with E-state index in [1.165, 1.54) is 11.1 Å². The summed E-state index contributed by atoms with van der Waals surface area (Å²) in [6.45, 7) is 4.40. The molecule has 0 amide bonds. The van der Waals surface area contributed by atoms with Gasteiger partial charge in [-0.15, -0.1) is 0 Å². The first-order valence-electron chi connectivity index (χ1n) is 13.6. The Morgan fingerprint density at radius 3 is 1.29 bits per heavy atom. The van der Waals surface area contributed by atoms with Gasteiger partial charge in [0.25, 0.3) is 0 Å². The van der Waals surface area contributed by atoms with Gasteiger partial charge >= 0.3 is 0 Å². The summed E-state index contributed by atoms with van der Waals surface area (Å²) in [7, 11) is 0. The molecule has 0 radical (unpaired) electrons. The Bertz CT molecular complexity index is 1330. The number of aromatic nitrogens is 2. The van der Waals surface area contributed by atoms with Gasteiger partial charge in [0, 0.05) is 22.5 Å². The van der Waals surface area contributed by atoms with Crippen LogP contribution in [0.15, 0.2) is 72.8 Å². The van der Waals surface area contributed by atoms with Gasteiger partial charge in [-0.05, 0) is 98.2 Å². The topological polar surface area (TPSA) is 73.4 Å². The molecule has 0 saturated heterocycles. The lowest BCUT2D eigenvalue weighted by Gasteiger charge is -2.11. The Balaban J connectivity index is 1.46. The highest BCUT2D eigenvalue weighted by Gasteiger charge is 2.08. The van der Waals surface area contributed by atoms with Crippen molar-refractivity contribution in [1.82, 2.24) is 9.97 Å². The molecule has 0 atom stereocenters. The molecule has 4 rings (SSSR count). The summed E-state index contributed by atoms with van der Waals surface area (Å²) in [6, 6.07) is 28.6. The van der Waals surface area contributed by atoms with Crippen molar-refractivity contribution in [2.24, 2.45) is 0 Å². The number of rotatable bonds is 11. The summed E-state index contributed by atoms with van der Waals surface area (Å²) in [6.07, 6.45) is 8.20. The normalized spacial score (nSPS) is 10.6. The average Bonchev–Trinajstić information content (AvgIpc) is 2.95. The molecule has 4 aromatic rings. The SMILES string of the molecule is CCCc1cc(CCCCc2cc(CCC)cc(-c3ccc(C#N)cc3)n2)nc(-c2ccc(C#N)cc2)c1. The minimum absolute atomic E-state index is 0.664. The van der Waals surface area contributed by atoms with E-state index in [1.807, 2.05) is 48.5 Å². The summed E-state index contributed by atoms with van der Waals surface area (Å²) in [4.78, 5) is 9.94. The number of nitriles is 2. The zero-order chi connectivity index (χ0) is 26.7. The standard InChI is InChI=1S/C34H34N4/c1-3-7-27-19-31(37-33(21-27)29-15-11-25(23-35)12-16-29)9-5-6-10-32-20-28(8-4-2)22-34(38-32)30-17-13-26(24-36)14-18-30/h11-22H,3-10H2,1-2H3. The number of hydrogen-bond donors (Lipinski definition) is 0.